The van der Waals surface area contributed by atoms with Crippen LogP contribution >= 0.6 is 0 Å². The second-order valence-corrected chi connectivity index (χ2v) is 4.97. The zero-order chi connectivity index (χ0) is 11.9. The summed E-state index contributed by atoms with van der Waals surface area (Å²) in [5.41, 5.74) is 0.701. The molecule has 0 N–H and O–H groups in total. The minimum Gasteiger partial charge on any atom is -0.462 e. The number of ether oxygens (including phenoxy) is 1. The molecular formula is C12H19NO3. The Morgan fingerprint density at radius 2 is 2.31 bits per heavy atom. The lowest BCUT2D eigenvalue weighted by molar-refractivity contribution is -0.158. The molecule has 90 valence electrons. The smallest absolute Gasteiger partial charge is 0.339 e. The molecule has 4 nitrogen and oxygen atoms in total. The number of hydrogen-bond donors (Lipinski definition) is 0. The van der Waals surface area contributed by atoms with Crippen LogP contribution in [0.3, 0.4) is 0 Å². The first kappa shape index (κ1) is 11.5. The number of carbonyl (C=O) groups is 1. The van der Waals surface area contributed by atoms with Gasteiger partial charge in [-0.05, 0) is 40.5 Å². The second-order valence-electron chi connectivity index (χ2n) is 4.97. The van der Waals surface area contributed by atoms with Crippen molar-refractivity contribution < 1.29 is 14.4 Å². The summed E-state index contributed by atoms with van der Waals surface area (Å²) < 4.78 is 5.07. The van der Waals surface area contributed by atoms with Crippen molar-refractivity contribution in [2.24, 2.45) is 0 Å². The van der Waals surface area contributed by atoms with Crippen molar-refractivity contribution in [3.63, 3.8) is 0 Å². The lowest BCUT2D eigenvalue weighted by Crippen LogP contribution is -2.40. The second kappa shape index (κ2) is 3.77. The van der Waals surface area contributed by atoms with Gasteiger partial charge in [0.1, 0.15) is 5.76 Å². The van der Waals surface area contributed by atoms with Crippen LogP contribution in [0.25, 0.3) is 0 Å². The van der Waals surface area contributed by atoms with Gasteiger partial charge in [-0.1, -0.05) is 0 Å². The number of fused-ring (bicyclic) bond motifs is 1. The van der Waals surface area contributed by atoms with Crippen LogP contribution in [0, 0.1) is 0 Å². The van der Waals surface area contributed by atoms with Crippen molar-refractivity contribution in [1.82, 2.24) is 5.06 Å². The number of carbonyl (C=O) groups excluding carboxylic acids is 1. The molecule has 0 aliphatic carbocycles. The first-order valence-corrected chi connectivity index (χ1v) is 5.82. The molecule has 4 heteroatoms. The molecule has 2 aliphatic rings. The molecule has 1 atom stereocenters. The topological polar surface area (TPSA) is 38.8 Å². The van der Waals surface area contributed by atoms with Gasteiger partial charge in [-0.15, -0.1) is 5.06 Å². The number of hydrogen-bond acceptors (Lipinski definition) is 4. The van der Waals surface area contributed by atoms with E-state index in [-0.39, 0.29) is 17.6 Å². The summed E-state index contributed by atoms with van der Waals surface area (Å²) >= 11 is 0. The number of hydroxylamine groups is 2. The molecule has 1 fully saturated rings. The van der Waals surface area contributed by atoms with Crippen molar-refractivity contribution in [2.45, 2.75) is 52.1 Å². The minimum atomic E-state index is -0.231. The molecule has 0 radical (unpaired) electrons. The van der Waals surface area contributed by atoms with Crippen LogP contribution in [0.1, 0.15) is 40.5 Å². The van der Waals surface area contributed by atoms with Gasteiger partial charge in [0.15, 0.2) is 0 Å². The summed E-state index contributed by atoms with van der Waals surface area (Å²) in [7, 11) is 0. The van der Waals surface area contributed by atoms with E-state index < -0.39 is 0 Å². The fraction of sp³-hybridized carbons (Fsp3) is 0.750. The number of esters is 1. The first-order valence-electron chi connectivity index (χ1n) is 5.82. The summed E-state index contributed by atoms with van der Waals surface area (Å²) in [4.78, 5) is 17.5. The van der Waals surface area contributed by atoms with Gasteiger partial charge in [0.25, 0.3) is 0 Å². The van der Waals surface area contributed by atoms with Crippen LogP contribution in [0.5, 0.6) is 0 Å². The average Bonchev–Trinajstić information content (AvgIpc) is 2.65. The van der Waals surface area contributed by atoms with Gasteiger partial charge in [0, 0.05) is 0 Å². The van der Waals surface area contributed by atoms with E-state index in [0.717, 1.165) is 12.8 Å². The molecule has 0 aromatic carbocycles. The monoisotopic (exact) mass is 225 g/mol. The normalized spacial score (nSPS) is 27.9. The van der Waals surface area contributed by atoms with E-state index in [1.54, 1.807) is 0 Å². The Balaban J connectivity index is 2.21. The minimum absolute atomic E-state index is 0.000170. The van der Waals surface area contributed by atoms with E-state index in [9.17, 15) is 4.79 Å². The molecule has 1 saturated heterocycles. The summed E-state index contributed by atoms with van der Waals surface area (Å²) in [6, 6.07) is 0.0778. The van der Waals surface area contributed by atoms with E-state index in [0.29, 0.717) is 17.9 Å². The highest BCUT2D eigenvalue weighted by Crippen LogP contribution is 2.43. The number of nitrogens with zero attached hydrogens (tertiary/aromatic N) is 1. The van der Waals surface area contributed by atoms with Crippen molar-refractivity contribution >= 4 is 5.97 Å². The molecule has 0 saturated carbocycles. The molecule has 2 rings (SSSR count). The fourth-order valence-electron chi connectivity index (χ4n) is 2.51. The standard InChI is InChI=1S/C12H19NO3/c1-5-15-11(14)10-8(2)16-13-9(10)6-7-12(13,3)4/h9H,5-7H2,1-4H3. The van der Waals surface area contributed by atoms with E-state index in [2.05, 4.69) is 13.8 Å². The molecule has 1 unspecified atom stereocenters. The van der Waals surface area contributed by atoms with Gasteiger partial charge >= 0.3 is 5.97 Å². The molecule has 0 aromatic heterocycles. The van der Waals surface area contributed by atoms with E-state index in [1.807, 2.05) is 18.9 Å². The maximum Gasteiger partial charge on any atom is 0.339 e. The Kier molecular flexibility index (Phi) is 2.70. The van der Waals surface area contributed by atoms with E-state index >= 15 is 0 Å². The Labute approximate surface area is 96.2 Å². The summed E-state index contributed by atoms with van der Waals surface area (Å²) in [5.74, 6) is 0.460. The molecule has 2 heterocycles. The SMILES string of the molecule is CCOC(=O)C1=C(C)ON2C1CCC2(C)C. The van der Waals surface area contributed by atoms with Gasteiger partial charge in [-0.2, -0.15) is 0 Å². The third-order valence-corrected chi connectivity index (χ3v) is 3.35. The molecule has 0 bridgehead atoms. The highest BCUT2D eigenvalue weighted by molar-refractivity contribution is 5.90. The molecule has 16 heavy (non-hydrogen) atoms. The van der Waals surface area contributed by atoms with Crippen molar-refractivity contribution in [3.05, 3.63) is 11.3 Å². The summed E-state index contributed by atoms with van der Waals surface area (Å²) in [6.45, 7) is 8.33. The van der Waals surface area contributed by atoms with Gasteiger partial charge in [-0.3, -0.25) is 0 Å². The highest BCUT2D eigenvalue weighted by atomic mass is 16.7. The third kappa shape index (κ3) is 1.61. The van der Waals surface area contributed by atoms with Crippen LogP contribution in [0.2, 0.25) is 0 Å². The zero-order valence-electron chi connectivity index (χ0n) is 10.4. The summed E-state index contributed by atoms with van der Waals surface area (Å²) in [6.07, 6.45) is 1.99. The van der Waals surface area contributed by atoms with Gasteiger partial charge in [-0.25, -0.2) is 4.79 Å². The third-order valence-electron chi connectivity index (χ3n) is 3.35. The zero-order valence-corrected chi connectivity index (χ0v) is 10.4. The molecule has 2 aliphatic heterocycles. The lowest BCUT2D eigenvalue weighted by Gasteiger charge is -2.29. The fourth-order valence-corrected chi connectivity index (χ4v) is 2.51. The van der Waals surface area contributed by atoms with Crippen molar-refractivity contribution in [3.8, 4) is 0 Å². The Morgan fingerprint density at radius 1 is 1.62 bits per heavy atom. The van der Waals surface area contributed by atoms with E-state index in [4.69, 9.17) is 9.57 Å². The molecule has 0 spiro atoms. The van der Waals surface area contributed by atoms with Crippen LogP contribution in [-0.4, -0.2) is 29.2 Å². The predicted molar refractivity (Wildman–Crippen MR) is 59.4 cm³/mol. The molecule has 0 aromatic rings. The first-order chi connectivity index (χ1) is 7.47. The largest absolute Gasteiger partial charge is 0.462 e. The maximum absolute atomic E-state index is 11.8. The molecular weight excluding hydrogens is 206 g/mol. The maximum atomic E-state index is 11.8. The van der Waals surface area contributed by atoms with Gasteiger partial charge in [0.05, 0.1) is 23.8 Å². The Morgan fingerprint density at radius 3 is 2.94 bits per heavy atom. The van der Waals surface area contributed by atoms with Crippen LogP contribution in [0.15, 0.2) is 11.3 Å². The Hall–Kier alpha value is -1.03. The van der Waals surface area contributed by atoms with Crippen LogP contribution in [-0.2, 0) is 14.4 Å². The van der Waals surface area contributed by atoms with Gasteiger partial charge < -0.3 is 9.57 Å². The quantitative estimate of drug-likeness (QED) is 0.674. The predicted octanol–water partition coefficient (Wildman–Crippen LogP) is 2.01. The molecule has 0 amide bonds. The number of rotatable bonds is 2. The average molecular weight is 225 g/mol. The van der Waals surface area contributed by atoms with Gasteiger partial charge in [0.2, 0.25) is 0 Å². The van der Waals surface area contributed by atoms with Crippen molar-refractivity contribution in [1.29, 1.82) is 0 Å². The Bertz CT molecular complexity index is 346. The lowest BCUT2D eigenvalue weighted by atomic mass is 10.0. The number of allylic oxidation sites excluding steroid dienone is 1. The van der Waals surface area contributed by atoms with Crippen molar-refractivity contribution in [2.75, 3.05) is 6.61 Å². The summed E-state index contributed by atoms with van der Waals surface area (Å²) in [5, 5.41) is 1.94. The van der Waals surface area contributed by atoms with E-state index in [1.165, 1.54) is 0 Å². The highest BCUT2D eigenvalue weighted by Gasteiger charge is 2.49. The van der Waals surface area contributed by atoms with Crippen LogP contribution < -0.4 is 0 Å². The van der Waals surface area contributed by atoms with Crippen LogP contribution in [0.4, 0.5) is 0 Å².